The minimum atomic E-state index is 0.337. The van der Waals surface area contributed by atoms with Gasteiger partial charge in [0.2, 0.25) is 5.95 Å². The molecule has 0 aromatic carbocycles. The van der Waals surface area contributed by atoms with Crippen molar-refractivity contribution >= 4 is 5.95 Å². The summed E-state index contributed by atoms with van der Waals surface area (Å²) < 4.78 is 7.68. The largest absolute Gasteiger partial charge is 0.379 e. The van der Waals surface area contributed by atoms with Crippen LogP contribution in [0.3, 0.4) is 0 Å². The third kappa shape index (κ3) is 4.30. The van der Waals surface area contributed by atoms with E-state index in [0.717, 1.165) is 69.1 Å². The van der Waals surface area contributed by atoms with Crippen LogP contribution in [0.5, 0.6) is 0 Å². The minimum absolute atomic E-state index is 0.337. The molecule has 0 spiro atoms. The third-order valence-electron chi connectivity index (χ3n) is 5.77. The van der Waals surface area contributed by atoms with E-state index >= 15 is 0 Å². The van der Waals surface area contributed by atoms with Crippen LogP contribution in [0.25, 0.3) is 11.3 Å². The van der Waals surface area contributed by atoms with Gasteiger partial charge in [0.1, 0.15) is 0 Å². The summed E-state index contributed by atoms with van der Waals surface area (Å²) in [4.78, 5) is 18.4. The van der Waals surface area contributed by atoms with Crippen LogP contribution >= 0.6 is 0 Å². The summed E-state index contributed by atoms with van der Waals surface area (Å²) in [7, 11) is 0. The zero-order valence-corrected chi connectivity index (χ0v) is 16.4. The van der Waals surface area contributed by atoms with Gasteiger partial charge < -0.3 is 14.2 Å². The van der Waals surface area contributed by atoms with Crippen LogP contribution in [0.4, 0.5) is 5.95 Å². The molecule has 0 amide bonds. The molecular formula is C20H30N6O. The van der Waals surface area contributed by atoms with Gasteiger partial charge in [-0.3, -0.25) is 4.90 Å². The van der Waals surface area contributed by atoms with Gasteiger partial charge in [-0.1, -0.05) is 6.92 Å². The number of morpholine rings is 1. The first-order valence-electron chi connectivity index (χ1n) is 10.1. The Hall–Kier alpha value is -1.99. The van der Waals surface area contributed by atoms with Crippen LogP contribution in [0, 0.1) is 5.92 Å². The average molecular weight is 371 g/mol. The first-order chi connectivity index (χ1) is 13.2. The van der Waals surface area contributed by atoms with E-state index in [-0.39, 0.29) is 0 Å². The van der Waals surface area contributed by atoms with Gasteiger partial charge in [-0.2, -0.15) is 0 Å². The van der Waals surface area contributed by atoms with Crippen LogP contribution in [-0.4, -0.2) is 70.4 Å². The standard InChI is InChI=1S/C20H30N6O/c1-16-3-5-25(6-4-16)20-22-11-18(12-23-20)19-13-21-15-26(19)17(2)14-24-7-9-27-10-8-24/h11-13,15-17H,3-10,14H2,1-2H3/t17-/m1/s1. The summed E-state index contributed by atoms with van der Waals surface area (Å²) in [6, 6.07) is 0.337. The van der Waals surface area contributed by atoms with Crippen molar-refractivity contribution in [3.05, 3.63) is 24.9 Å². The summed E-state index contributed by atoms with van der Waals surface area (Å²) >= 11 is 0. The zero-order valence-electron chi connectivity index (χ0n) is 16.4. The molecule has 1 atom stereocenters. The Morgan fingerprint density at radius 3 is 2.48 bits per heavy atom. The lowest BCUT2D eigenvalue weighted by Gasteiger charge is -2.30. The highest BCUT2D eigenvalue weighted by Gasteiger charge is 2.20. The van der Waals surface area contributed by atoms with Gasteiger partial charge in [-0.15, -0.1) is 0 Å². The number of hydrogen-bond donors (Lipinski definition) is 0. The highest BCUT2D eigenvalue weighted by atomic mass is 16.5. The van der Waals surface area contributed by atoms with Crippen LogP contribution in [-0.2, 0) is 4.74 Å². The van der Waals surface area contributed by atoms with E-state index in [4.69, 9.17) is 4.74 Å². The van der Waals surface area contributed by atoms with E-state index in [1.807, 2.05) is 24.9 Å². The summed E-state index contributed by atoms with van der Waals surface area (Å²) in [5, 5.41) is 0. The average Bonchev–Trinajstić information content (AvgIpc) is 3.20. The SMILES string of the molecule is CC1CCN(c2ncc(-c3cncn3[C@H](C)CN3CCOCC3)cn2)CC1. The Labute approximate surface area is 161 Å². The van der Waals surface area contributed by atoms with E-state index in [1.54, 1.807) is 0 Å². The quantitative estimate of drug-likeness (QED) is 0.806. The van der Waals surface area contributed by atoms with Crippen LogP contribution in [0.15, 0.2) is 24.9 Å². The van der Waals surface area contributed by atoms with E-state index in [9.17, 15) is 0 Å². The number of hydrogen-bond acceptors (Lipinski definition) is 6. The number of piperidine rings is 1. The molecule has 0 unspecified atom stereocenters. The molecule has 146 valence electrons. The Morgan fingerprint density at radius 1 is 1.07 bits per heavy atom. The summed E-state index contributed by atoms with van der Waals surface area (Å²) in [5.74, 6) is 1.65. The molecule has 2 aliphatic rings. The predicted octanol–water partition coefficient (Wildman–Crippen LogP) is 2.47. The Morgan fingerprint density at radius 2 is 1.78 bits per heavy atom. The molecular weight excluding hydrogens is 340 g/mol. The van der Waals surface area contributed by atoms with Gasteiger partial charge in [0.05, 0.1) is 31.4 Å². The van der Waals surface area contributed by atoms with Crippen molar-refractivity contribution in [1.82, 2.24) is 24.4 Å². The molecule has 4 rings (SSSR count). The second-order valence-corrected chi connectivity index (χ2v) is 7.89. The van der Waals surface area contributed by atoms with Crippen molar-refractivity contribution in [3.8, 4) is 11.3 Å². The van der Waals surface area contributed by atoms with Gasteiger partial charge in [0.25, 0.3) is 0 Å². The Balaban J connectivity index is 1.45. The second kappa shape index (κ2) is 8.35. The molecule has 2 saturated heterocycles. The molecule has 2 aromatic heterocycles. The molecule has 7 nitrogen and oxygen atoms in total. The molecule has 0 N–H and O–H groups in total. The lowest BCUT2D eigenvalue weighted by molar-refractivity contribution is 0.0326. The maximum atomic E-state index is 5.45. The molecule has 0 aliphatic carbocycles. The lowest BCUT2D eigenvalue weighted by Crippen LogP contribution is -2.39. The second-order valence-electron chi connectivity index (χ2n) is 7.89. The number of nitrogens with zero attached hydrogens (tertiary/aromatic N) is 6. The minimum Gasteiger partial charge on any atom is -0.379 e. The van der Waals surface area contributed by atoms with E-state index in [0.29, 0.717) is 6.04 Å². The maximum Gasteiger partial charge on any atom is 0.225 e. The highest BCUT2D eigenvalue weighted by molar-refractivity contribution is 5.57. The molecule has 4 heterocycles. The Kier molecular flexibility index (Phi) is 5.69. The molecule has 2 aromatic rings. The lowest BCUT2D eigenvalue weighted by atomic mass is 10.00. The fourth-order valence-corrected chi connectivity index (χ4v) is 3.95. The number of ether oxygens (including phenoxy) is 1. The topological polar surface area (TPSA) is 59.3 Å². The first-order valence-corrected chi connectivity index (χ1v) is 10.1. The zero-order chi connectivity index (χ0) is 18.6. The fourth-order valence-electron chi connectivity index (χ4n) is 3.95. The van der Waals surface area contributed by atoms with E-state index < -0.39 is 0 Å². The van der Waals surface area contributed by atoms with Gasteiger partial charge in [-0.05, 0) is 25.7 Å². The Bertz CT molecular complexity index is 716. The predicted molar refractivity (Wildman–Crippen MR) is 106 cm³/mol. The molecule has 0 bridgehead atoms. The third-order valence-corrected chi connectivity index (χ3v) is 5.77. The van der Waals surface area contributed by atoms with Gasteiger partial charge in [0, 0.05) is 56.7 Å². The molecule has 2 aliphatic heterocycles. The number of anilines is 1. The van der Waals surface area contributed by atoms with Crippen molar-refractivity contribution in [1.29, 1.82) is 0 Å². The van der Waals surface area contributed by atoms with Crippen molar-refractivity contribution in [2.45, 2.75) is 32.7 Å². The van der Waals surface area contributed by atoms with Gasteiger partial charge in [-0.25, -0.2) is 15.0 Å². The monoisotopic (exact) mass is 370 g/mol. The van der Waals surface area contributed by atoms with Crippen molar-refractivity contribution in [2.75, 3.05) is 50.8 Å². The first kappa shape index (κ1) is 18.4. The summed E-state index contributed by atoms with van der Waals surface area (Å²) in [5.41, 5.74) is 2.10. The highest BCUT2D eigenvalue weighted by Crippen LogP contribution is 2.24. The van der Waals surface area contributed by atoms with Crippen molar-refractivity contribution in [3.63, 3.8) is 0 Å². The van der Waals surface area contributed by atoms with E-state index in [1.165, 1.54) is 12.8 Å². The number of aromatic nitrogens is 4. The van der Waals surface area contributed by atoms with Crippen LogP contribution in [0.2, 0.25) is 0 Å². The summed E-state index contributed by atoms with van der Waals surface area (Å²) in [6.07, 6.45) is 10.1. The fraction of sp³-hybridized carbons (Fsp3) is 0.650. The maximum absolute atomic E-state index is 5.45. The molecule has 0 radical (unpaired) electrons. The molecule has 27 heavy (non-hydrogen) atoms. The number of imidazole rings is 1. The number of rotatable bonds is 5. The molecule has 7 heteroatoms. The molecule has 0 saturated carbocycles. The summed E-state index contributed by atoms with van der Waals surface area (Å²) in [6.45, 7) is 11.3. The van der Waals surface area contributed by atoms with Crippen LogP contribution in [0.1, 0.15) is 32.7 Å². The van der Waals surface area contributed by atoms with E-state index in [2.05, 4.69) is 43.2 Å². The van der Waals surface area contributed by atoms with Gasteiger partial charge in [0.15, 0.2) is 0 Å². The van der Waals surface area contributed by atoms with Gasteiger partial charge >= 0.3 is 0 Å². The van der Waals surface area contributed by atoms with Crippen LogP contribution < -0.4 is 4.90 Å². The smallest absolute Gasteiger partial charge is 0.225 e. The van der Waals surface area contributed by atoms with Crippen molar-refractivity contribution < 1.29 is 4.74 Å². The molecule has 2 fully saturated rings. The normalized spacial score (nSPS) is 20.7. The van der Waals surface area contributed by atoms with Crippen molar-refractivity contribution in [2.24, 2.45) is 5.92 Å².